The molecule has 0 N–H and O–H groups in total. The number of benzene rings is 2. The summed E-state index contributed by atoms with van der Waals surface area (Å²) >= 11 is 0. The minimum Gasteiger partial charge on any atom is -0.386 e. The maximum absolute atomic E-state index is 12.6. The van der Waals surface area contributed by atoms with Gasteiger partial charge in [0.2, 0.25) is 0 Å². The third kappa shape index (κ3) is 3.72. The fourth-order valence-electron chi connectivity index (χ4n) is 3.09. The normalized spacial score (nSPS) is 16.3. The molecule has 0 saturated heterocycles. The lowest BCUT2D eigenvalue weighted by Crippen LogP contribution is -2.43. The maximum atomic E-state index is 12.6. The van der Waals surface area contributed by atoms with Crippen molar-refractivity contribution in [3.8, 4) is 0 Å². The lowest BCUT2D eigenvalue weighted by molar-refractivity contribution is -0.385. The maximum Gasteiger partial charge on any atom is 0.278 e. The average Bonchev–Trinajstić information content (AvgIpc) is 2.65. The van der Waals surface area contributed by atoms with Gasteiger partial charge in [-0.1, -0.05) is 35.5 Å². The molecule has 0 radical (unpaired) electrons. The Morgan fingerprint density at radius 2 is 2.04 bits per heavy atom. The van der Waals surface area contributed by atoms with Crippen molar-refractivity contribution in [1.82, 2.24) is 0 Å². The summed E-state index contributed by atoms with van der Waals surface area (Å²) in [5, 5.41) is 14.7. The van der Waals surface area contributed by atoms with Gasteiger partial charge < -0.3 is 9.74 Å². The summed E-state index contributed by atoms with van der Waals surface area (Å²) in [5.74, 6) is -0.190. The number of nitrogens with zero attached hydrogens (tertiary/aromatic N) is 3. The van der Waals surface area contributed by atoms with Crippen LogP contribution in [0, 0.1) is 10.1 Å². The van der Waals surface area contributed by atoms with E-state index in [1.807, 2.05) is 31.2 Å². The SMILES string of the molecule is CC1CCc2ccccc2N1C(=O)CO/N=C/c1ccccc1[N+](=O)[O-]. The van der Waals surface area contributed by atoms with Crippen LogP contribution in [0.15, 0.2) is 53.7 Å². The van der Waals surface area contributed by atoms with Crippen LogP contribution < -0.4 is 4.90 Å². The number of anilines is 1. The molecule has 134 valence electrons. The lowest BCUT2D eigenvalue weighted by Gasteiger charge is -2.34. The molecular formula is C19H19N3O4. The van der Waals surface area contributed by atoms with E-state index in [0.29, 0.717) is 5.56 Å². The molecule has 0 saturated carbocycles. The Bertz CT molecular complexity index is 850. The molecule has 2 aromatic carbocycles. The molecule has 7 heteroatoms. The second-order valence-electron chi connectivity index (χ2n) is 6.10. The van der Waals surface area contributed by atoms with Crippen molar-refractivity contribution in [3.05, 3.63) is 69.8 Å². The molecule has 0 aromatic heterocycles. The van der Waals surface area contributed by atoms with Gasteiger partial charge in [0, 0.05) is 17.8 Å². The highest BCUT2D eigenvalue weighted by Gasteiger charge is 2.28. The highest BCUT2D eigenvalue weighted by atomic mass is 16.6. The van der Waals surface area contributed by atoms with Crippen LogP contribution in [0.25, 0.3) is 0 Å². The van der Waals surface area contributed by atoms with Crippen LogP contribution in [0.5, 0.6) is 0 Å². The number of amides is 1. The molecule has 26 heavy (non-hydrogen) atoms. The predicted octanol–water partition coefficient (Wildman–Crippen LogP) is 3.31. The van der Waals surface area contributed by atoms with Crippen molar-refractivity contribution in [3.63, 3.8) is 0 Å². The van der Waals surface area contributed by atoms with E-state index in [2.05, 4.69) is 5.16 Å². The Morgan fingerprint density at radius 3 is 2.85 bits per heavy atom. The smallest absolute Gasteiger partial charge is 0.278 e. The van der Waals surface area contributed by atoms with Crippen LogP contribution in [0.4, 0.5) is 11.4 Å². The summed E-state index contributed by atoms with van der Waals surface area (Å²) in [6.45, 7) is 1.78. The third-order valence-electron chi connectivity index (χ3n) is 4.38. The minimum absolute atomic E-state index is 0.0650. The van der Waals surface area contributed by atoms with Crippen LogP contribution in [-0.4, -0.2) is 29.7 Å². The van der Waals surface area contributed by atoms with E-state index in [0.717, 1.165) is 24.1 Å². The molecule has 0 aliphatic carbocycles. The van der Waals surface area contributed by atoms with Gasteiger partial charge in [0.1, 0.15) is 0 Å². The summed E-state index contributed by atoms with van der Waals surface area (Å²) in [5.41, 5.74) is 2.30. The Kier molecular flexibility index (Phi) is 5.26. The van der Waals surface area contributed by atoms with Gasteiger partial charge in [0.15, 0.2) is 6.61 Å². The largest absolute Gasteiger partial charge is 0.386 e. The summed E-state index contributed by atoms with van der Waals surface area (Å²) in [6.07, 6.45) is 3.08. The van der Waals surface area contributed by atoms with Gasteiger partial charge in [-0.15, -0.1) is 0 Å². The Labute approximate surface area is 151 Å². The first-order valence-corrected chi connectivity index (χ1v) is 8.36. The average molecular weight is 353 g/mol. The van der Waals surface area contributed by atoms with Crippen molar-refractivity contribution >= 4 is 23.5 Å². The van der Waals surface area contributed by atoms with E-state index in [4.69, 9.17) is 4.84 Å². The molecule has 2 aromatic rings. The summed E-state index contributed by atoms with van der Waals surface area (Å²) < 4.78 is 0. The first kappa shape index (κ1) is 17.6. The molecule has 1 unspecified atom stereocenters. The van der Waals surface area contributed by atoms with Gasteiger partial charge in [-0.2, -0.15) is 0 Å². The zero-order valence-electron chi connectivity index (χ0n) is 14.4. The molecule has 0 bridgehead atoms. The van der Waals surface area contributed by atoms with Crippen LogP contribution in [-0.2, 0) is 16.1 Å². The van der Waals surface area contributed by atoms with Gasteiger partial charge in [0.25, 0.3) is 11.6 Å². The summed E-state index contributed by atoms with van der Waals surface area (Å²) in [7, 11) is 0. The van der Waals surface area contributed by atoms with Gasteiger partial charge in [0.05, 0.1) is 16.7 Å². The molecule has 1 aliphatic heterocycles. The molecule has 3 rings (SSSR count). The first-order valence-electron chi connectivity index (χ1n) is 8.36. The molecule has 1 amide bonds. The zero-order chi connectivity index (χ0) is 18.5. The van der Waals surface area contributed by atoms with E-state index in [-0.39, 0.29) is 24.2 Å². The van der Waals surface area contributed by atoms with Crippen molar-refractivity contribution in [2.24, 2.45) is 5.16 Å². The molecule has 1 aliphatic rings. The fourth-order valence-corrected chi connectivity index (χ4v) is 3.09. The number of nitro groups is 1. The van der Waals surface area contributed by atoms with E-state index < -0.39 is 4.92 Å². The highest BCUT2D eigenvalue weighted by molar-refractivity contribution is 5.96. The topological polar surface area (TPSA) is 85.0 Å². The standard InChI is InChI=1S/C19H19N3O4/c1-14-10-11-15-6-2-4-8-17(15)21(14)19(23)13-26-20-12-16-7-3-5-9-18(16)22(24)25/h2-9,12,14H,10-11,13H2,1H3/b20-12+. The summed E-state index contributed by atoms with van der Waals surface area (Å²) in [4.78, 5) is 29.9. The van der Waals surface area contributed by atoms with Crippen molar-refractivity contribution < 1.29 is 14.6 Å². The van der Waals surface area contributed by atoms with E-state index >= 15 is 0 Å². The Morgan fingerprint density at radius 1 is 1.31 bits per heavy atom. The highest BCUT2D eigenvalue weighted by Crippen LogP contribution is 2.30. The number of aryl methyl sites for hydroxylation is 1. The Hall–Kier alpha value is -3.22. The van der Waals surface area contributed by atoms with E-state index in [1.54, 1.807) is 23.1 Å². The number of hydrogen-bond donors (Lipinski definition) is 0. The number of carbonyl (C=O) groups is 1. The number of fused-ring (bicyclic) bond motifs is 1. The van der Waals surface area contributed by atoms with Crippen molar-refractivity contribution in [2.45, 2.75) is 25.8 Å². The van der Waals surface area contributed by atoms with Crippen LogP contribution in [0.1, 0.15) is 24.5 Å². The molecular weight excluding hydrogens is 334 g/mol. The van der Waals surface area contributed by atoms with E-state index in [9.17, 15) is 14.9 Å². The van der Waals surface area contributed by atoms with Crippen LogP contribution in [0.3, 0.4) is 0 Å². The molecule has 7 nitrogen and oxygen atoms in total. The third-order valence-corrected chi connectivity index (χ3v) is 4.38. The number of hydrogen-bond acceptors (Lipinski definition) is 5. The molecule has 1 heterocycles. The van der Waals surface area contributed by atoms with Gasteiger partial charge in [-0.3, -0.25) is 14.9 Å². The molecule has 1 atom stereocenters. The van der Waals surface area contributed by atoms with Gasteiger partial charge in [-0.25, -0.2) is 0 Å². The quantitative estimate of drug-likeness (QED) is 0.469. The number of rotatable bonds is 5. The van der Waals surface area contributed by atoms with E-state index in [1.165, 1.54) is 12.3 Å². The van der Waals surface area contributed by atoms with Crippen LogP contribution >= 0.6 is 0 Å². The zero-order valence-corrected chi connectivity index (χ0v) is 14.4. The predicted molar refractivity (Wildman–Crippen MR) is 98.4 cm³/mol. The second-order valence-corrected chi connectivity index (χ2v) is 6.10. The number of oxime groups is 1. The van der Waals surface area contributed by atoms with Crippen molar-refractivity contribution in [2.75, 3.05) is 11.5 Å². The van der Waals surface area contributed by atoms with Gasteiger partial charge in [-0.05, 0) is 37.5 Å². The first-order chi connectivity index (χ1) is 12.6. The Balaban J connectivity index is 1.66. The second kappa shape index (κ2) is 7.77. The molecule has 0 spiro atoms. The number of nitro benzene ring substituents is 1. The number of para-hydroxylation sites is 2. The summed E-state index contributed by atoms with van der Waals surface area (Å²) in [6, 6.07) is 14.1. The molecule has 0 fully saturated rings. The fraction of sp³-hybridized carbons (Fsp3) is 0.263. The monoisotopic (exact) mass is 353 g/mol. The number of carbonyl (C=O) groups excluding carboxylic acids is 1. The minimum atomic E-state index is -0.487. The van der Waals surface area contributed by atoms with Gasteiger partial charge >= 0.3 is 0 Å². The van der Waals surface area contributed by atoms with Crippen molar-refractivity contribution in [1.29, 1.82) is 0 Å². The lowest BCUT2D eigenvalue weighted by atomic mass is 9.96. The van der Waals surface area contributed by atoms with Crippen LogP contribution in [0.2, 0.25) is 0 Å².